The number of carbonyl (C=O) groups excluding carboxylic acids is 1. The predicted octanol–water partition coefficient (Wildman–Crippen LogP) is 4.23. The average Bonchev–Trinajstić information content (AvgIpc) is 2.94. The number of aryl methyl sites for hydroxylation is 1. The Morgan fingerprint density at radius 1 is 1.13 bits per heavy atom. The molecule has 0 saturated heterocycles. The van der Waals surface area contributed by atoms with E-state index in [9.17, 15) is 4.79 Å². The van der Waals surface area contributed by atoms with Crippen molar-refractivity contribution >= 4 is 38.8 Å². The summed E-state index contributed by atoms with van der Waals surface area (Å²) >= 11 is 1.67. The molecule has 1 aromatic heterocycles. The van der Waals surface area contributed by atoms with E-state index in [1.54, 1.807) is 23.2 Å². The summed E-state index contributed by atoms with van der Waals surface area (Å²) in [5, 5.41) is 1.01. The minimum Gasteiger partial charge on any atom is -0.275 e. The molecule has 0 N–H and O–H groups in total. The largest absolute Gasteiger partial charge is 0.286 e. The molecule has 0 radical (unpaired) electrons. The molecule has 0 bridgehead atoms. The highest BCUT2D eigenvalue weighted by Crippen LogP contribution is 2.30. The van der Waals surface area contributed by atoms with Gasteiger partial charge in [0.05, 0.1) is 0 Å². The molecular formula is C19H19N2OS+. The highest BCUT2D eigenvalue weighted by Gasteiger charge is 2.27. The van der Waals surface area contributed by atoms with Crippen molar-refractivity contribution < 1.29 is 9.36 Å². The van der Waals surface area contributed by atoms with Crippen LogP contribution >= 0.6 is 11.3 Å². The van der Waals surface area contributed by atoms with E-state index in [2.05, 4.69) is 30.2 Å². The van der Waals surface area contributed by atoms with Crippen molar-refractivity contribution in [2.45, 2.75) is 20.4 Å². The van der Waals surface area contributed by atoms with Crippen LogP contribution in [0.5, 0.6) is 0 Å². The molecule has 0 aliphatic heterocycles. The van der Waals surface area contributed by atoms with E-state index in [1.165, 1.54) is 10.2 Å². The molecule has 1 amide bonds. The van der Waals surface area contributed by atoms with Gasteiger partial charge in [0.15, 0.2) is 0 Å². The maximum Gasteiger partial charge on any atom is 0.286 e. The molecule has 23 heavy (non-hydrogen) atoms. The van der Waals surface area contributed by atoms with Crippen LogP contribution in [0.25, 0.3) is 15.9 Å². The molecule has 0 aliphatic carbocycles. The number of hydrogen-bond acceptors (Lipinski definition) is 2. The lowest BCUT2D eigenvalue weighted by Crippen LogP contribution is -2.38. The van der Waals surface area contributed by atoms with E-state index in [4.69, 9.17) is 0 Å². The Morgan fingerprint density at radius 2 is 1.78 bits per heavy atom. The SMILES string of the molecule is C=C(c1sc2ccccc2[n+]1CC)N(C(C)=O)c1ccccc1. The van der Waals surface area contributed by atoms with Crippen LogP contribution in [0.2, 0.25) is 0 Å². The van der Waals surface area contributed by atoms with Gasteiger partial charge in [-0.2, -0.15) is 4.57 Å². The number of anilines is 1. The fraction of sp³-hybridized carbons (Fsp3) is 0.158. The number of thiazole rings is 1. The maximum atomic E-state index is 12.2. The Balaban J connectivity index is 2.13. The number of benzene rings is 2. The van der Waals surface area contributed by atoms with E-state index >= 15 is 0 Å². The normalized spacial score (nSPS) is 10.7. The highest BCUT2D eigenvalue weighted by atomic mass is 32.1. The maximum absolute atomic E-state index is 12.2. The fourth-order valence-electron chi connectivity index (χ4n) is 2.76. The zero-order valence-electron chi connectivity index (χ0n) is 13.3. The van der Waals surface area contributed by atoms with Crippen LogP contribution < -0.4 is 9.47 Å². The Morgan fingerprint density at radius 3 is 2.43 bits per heavy atom. The monoisotopic (exact) mass is 323 g/mol. The smallest absolute Gasteiger partial charge is 0.275 e. The first kappa shape index (κ1) is 15.4. The van der Waals surface area contributed by atoms with Gasteiger partial charge in [0.25, 0.3) is 5.01 Å². The first-order valence-electron chi connectivity index (χ1n) is 7.60. The summed E-state index contributed by atoms with van der Waals surface area (Å²) in [5.74, 6) is -0.0405. The lowest BCUT2D eigenvalue weighted by molar-refractivity contribution is -0.665. The molecule has 0 spiro atoms. The van der Waals surface area contributed by atoms with Crippen molar-refractivity contribution in [1.29, 1.82) is 0 Å². The van der Waals surface area contributed by atoms with Crippen molar-refractivity contribution in [1.82, 2.24) is 0 Å². The van der Waals surface area contributed by atoms with Gasteiger partial charge in [-0.1, -0.05) is 48.2 Å². The molecular weight excluding hydrogens is 304 g/mol. The van der Waals surface area contributed by atoms with Gasteiger partial charge in [-0.25, -0.2) is 0 Å². The van der Waals surface area contributed by atoms with Crippen LogP contribution in [0.15, 0.2) is 61.2 Å². The Bertz CT molecular complexity index is 867. The summed E-state index contributed by atoms with van der Waals surface area (Å²) in [6.07, 6.45) is 0. The predicted molar refractivity (Wildman–Crippen MR) is 96.3 cm³/mol. The van der Waals surface area contributed by atoms with Gasteiger partial charge in [0.1, 0.15) is 16.9 Å². The molecule has 116 valence electrons. The summed E-state index contributed by atoms with van der Waals surface area (Å²) in [7, 11) is 0. The number of aromatic nitrogens is 1. The molecule has 0 aliphatic rings. The van der Waals surface area contributed by atoms with Gasteiger partial charge >= 0.3 is 0 Å². The summed E-state index contributed by atoms with van der Waals surface area (Å²) in [4.78, 5) is 13.9. The number of nitrogens with zero attached hydrogens (tertiary/aromatic N) is 2. The zero-order valence-corrected chi connectivity index (χ0v) is 14.1. The summed E-state index contributed by atoms with van der Waals surface area (Å²) in [6.45, 7) is 8.73. The first-order chi connectivity index (χ1) is 11.1. The summed E-state index contributed by atoms with van der Waals surface area (Å²) in [6, 6.07) is 17.9. The standard InChI is InChI=1S/C19H19N2OS/c1-4-20-17-12-8-9-13-18(17)23-19(20)14(2)21(15(3)22)16-10-6-5-7-11-16/h5-13H,2,4H2,1,3H3/q+1. The summed E-state index contributed by atoms with van der Waals surface area (Å²) < 4.78 is 3.41. The molecule has 1 heterocycles. The molecule has 0 fully saturated rings. The minimum atomic E-state index is -0.0405. The molecule has 3 rings (SSSR count). The fourth-order valence-corrected chi connectivity index (χ4v) is 3.95. The van der Waals surface area contributed by atoms with Crippen molar-refractivity contribution in [3.05, 3.63) is 66.2 Å². The topological polar surface area (TPSA) is 24.2 Å². The average molecular weight is 323 g/mol. The van der Waals surface area contributed by atoms with Crippen LogP contribution in [0.4, 0.5) is 5.69 Å². The molecule has 0 atom stereocenters. The minimum absolute atomic E-state index is 0.0405. The molecule has 3 aromatic rings. The molecule has 4 heteroatoms. The van der Waals surface area contributed by atoms with Crippen LogP contribution in [0, 0.1) is 0 Å². The Labute approximate surface area is 140 Å². The second kappa shape index (κ2) is 6.34. The van der Waals surface area contributed by atoms with Crippen molar-refractivity contribution in [3.63, 3.8) is 0 Å². The number of fused-ring (bicyclic) bond motifs is 1. The number of para-hydroxylation sites is 2. The van der Waals surface area contributed by atoms with Gasteiger partial charge in [-0.05, 0) is 25.1 Å². The zero-order chi connectivity index (χ0) is 16.4. The first-order valence-corrected chi connectivity index (χ1v) is 8.41. The second-order valence-corrected chi connectivity index (χ2v) is 6.29. The number of carbonyl (C=O) groups is 1. The van der Waals surface area contributed by atoms with E-state index < -0.39 is 0 Å². The molecule has 0 unspecified atom stereocenters. The van der Waals surface area contributed by atoms with Crippen molar-refractivity contribution in [2.24, 2.45) is 0 Å². The molecule has 0 saturated carbocycles. The van der Waals surface area contributed by atoms with E-state index in [0.29, 0.717) is 5.70 Å². The Kier molecular flexibility index (Phi) is 4.26. The van der Waals surface area contributed by atoms with Gasteiger partial charge in [-0.15, -0.1) is 0 Å². The molecule has 2 aromatic carbocycles. The number of hydrogen-bond donors (Lipinski definition) is 0. The van der Waals surface area contributed by atoms with Gasteiger partial charge in [0, 0.05) is 18.7 Å². The quantitative estimate of drug-likeness (QED) is 0.659. The third-order valence-electron chi connectivity index (χ3n) is 3.77. The van der Waals surface area contributed by atoms with Crippen LogP contribution in [-0.2, 0) is 11.3 Å². The lowest BCUT2D eigenvalue weighted by atomic mass is 10.2. The van der Waals surface area contributed by atoms with Crippen LogP contribution in [-0.4, -0.2) is 5.91 Å². The van der Waals surface area contributed by atoms with Gasteiger partial charge < -0.3 is 0 Å². The van der Waals surface area contributed by atoms with E-state index in [0.717, 1.165) is 17.2 Å². The third kappa shape index (κ3) is 2.78. The highest BCUT2D eigenvalue weighted by molar-refractivity contribution is 7.19. The second-order valence-electron chi connectivity index (χ2n) is 5.26. The lowest BCUT2D eigenvalue weighted by Gasteiger charge is -2.20. The molecule has 3 nitrogen and oxygen atoms in total. The van der Waals surface area contributed by atoms with Crippen LogP contribution in [0.3, 0.4) is 0 Å². The third-order valence-corrected chi connectivity index (χ3v) is 4.98. The van der Waals surface area contributed by atoms with Crippen LogP contribution in [0.1, 0.15) is 18.9 Å². The van der Waals surface area contributed by atoms with Crippen molar-refractivity contribution in [3.8, 4) is 0 Å². The van der Waals surface area contributed by atoms with E-state index in [1.807, 2.05) is 42.5 Å². The van der Waals surface area contributed by atoms with Gasteiger partial charge in [-0.3, -0.25) is 9.69 Å². The Hall–Kier alpha value is -2.46. The van der Waals surface area contributed by atoms with Gasteiger partial charge in [0.2, 0.25) is 11.4 Å². The van der Waals surface area contributed by atoms with Crippen molar-refractivity contribution in [2.75, 3.05) is 4.90 Å². The summed E-state index contributed by atoms with van der Waals surface area (Å²) in [5.41, 5.74) is 2.73. The number of amides is 1. The number of rotatable bonds is 4. The van der Waals surface area contributed by atoms with E-state index in [-0.39, 0.29) is 5.91 Å².